The minimum atomic E-state index is -0.871. The zero-order valence-corrected chi connectivity index (χ0v) is 11.2. The van der Waals surface area contributed by atoms with E-state index in [4.69, 9.17) is 10.5 Å². The molecule has 1 saturated heterocycles. The van der Waals surface area contributed by atoms with Gasteiger partial charge in [-0.2, -0.15) is 0 Å². The molecule has 5 nitrogen and oxygen atoms in total. The first-order valence-corrected chi connectivity index (χ1v) is 6.60. The third kappa shape index (κ3) is 1.55. The highest BCUT2D eigenvalue weighted by molar-refractivity contribution is 6.00. The molecule has 3 atom stereocenters. The summed E-state index contributed by atoms with van der Waals surface area (Å²) < 4.78 is 5.69. The summed E-state index contributed by atoms with van der Waals surface area (Å²) in [5.41, 5.74) is 5.90. The summed E-state index contributed by atoms with van der Waals surface area (Å²) in [4.78, 5) is 16.5. The maximum atomic E-state index is 12.6. The van der Waals surface area contributed by atoms with Crippen LogP contribution in [0.5, 0.6) is 0 Å². The molecule has 0 spiro atoms. The number of hydrogen-bond donors (Lipinski definition) is 2. The number of nitrogens with zero attached hydrogens (tertiary/aromatic N) is 1. The molecule has 5 heteroatoms. The highest BCUT2D eigenvalue weighted by Crippen LogP contribution is 2.58. The standard InChI is InChI=1S/C14H19N3O2/c1-13(2)11-10(5-7-19-11)14(13,15)12(18)17-9-4-3-6-16-8-9/h3-4,6,8,10-11H,5,7,15H2,1-2H3,(H,17,18). The Hall–Kier alpha value is -1.46. The molecule has 1 aromatic rings. The summed E-state index contributed by atoms with van der Waals surface area (Å²) in [5.74, 6) is -0.0311. The van der Waals surface area contributed by atoms with Gasteiger partial charge in [-0.25, -0.2) is 0 Å². The summed E-state index contributed by atoms with van der Waals surface area (Å²) in [7, 11) is 0. The van der Waals surface area contributed by atoms with Crippen molar-refractivity contribution < 1.29 is 9.53 Å². The molecule has 1 saturated carbocycles. The van der Waals surface area contributed by atoms with Crippen LogP contribution in [-0.4, -0.2) is 29.1 Å². The Labute approximate surface area is 112 Å². The molecule has 0 bridgehead atoms. The average molecular weight is 261 g/mol. The van der Waals surface area contributed by atoms with Crippen molar-refractivity contribution in [2.45, 2.75) is 31.9 Å². The number of aromatic nitrogens is 1. The number of hydrogen-bond acceptors (Lipinski definition) is 4. The Morgan fingerprint density at radius 2 is 2.37 bits per heavy atom. The van der Waals surface area contributed by atoms with Crippen LogP contribution in [0.15, 0.2) is 24.5 Å². The fourth-order valence-electron chi connectivity index (χ4n) is 3.52. The minimum Gasteiger partial charge on any atom is -0.377 e. The zero-order valence-electron chi connectivity index (χ0n) is 11.2. The number of fused-ring (bicyclic) bond motifs is 1. The van der Waals surface area contributed by atoms with Gasteiger partial charge in [-0.1, -0.05) is 13.8 Å². The van der Waals surface area contributed by atoms with E-state index < -0.39 is 5.54 Å². The second-order valence-electron chi connectivity index (χ2n) is 5.97. The van der Waals surface area contributed by atoms with Gasteiger partial charge in [-0.3, -0.25) is 9.78 Å². The van der Waals surface area contributed by atoms with E-state index in [0.717, 1.165) is 6.42 Å². The van der Waals surface area contributed by atoms with Gasteiger partial charge in [0.25, 0.3) is 0 Å². The first kappa shape index (κ1) is 12.6. The molecule has 19 heavy (non-hydrogen) atoms. The van der Waals surface area contributed by atoms with Gasteiger partial charge in [0.1, 0.15) is 5.54 Å². The molecule has 3 unspecified atom stereocenters. The van der Waals surface area contributed by atoms with Gasteiger partial charge in [-0.15, -0.1) is 0 Å². The van der Waals surface area contributed by atoms with Crippen LogP contribution in [-0.2, 0) is 9.53 Å². The second-order valence-corrected chi connectivity index (χ2v) is 5.97. The number of pyridine rings is 1. The van der Waals surface area contributed by atoms with Gasteiger partial charge in [0.2, 0.25) is 5.91 Å². The molecule has 1 amide bonds. The smallest absolute Gasteiger partial charge is 0.245 e. The predicted molar refractivity (Wildman–Crippen MR) is 71.4 cm³/mol. The SMILES string of the molecule is CC1(C)C2OCCC2C1(N)C(=O)Nc1cccnc1. The maximum Gasteiger partial charge on any atom is 0.245 e. The average Bonchev–Trinajstić information content (AvgIpc) is 2.87. The lowest BCUT2D eigenvalue weighted by Gasteiger charge is -2.60. The third-order valence-corrected chi connectivity index (χ3v) is 4.75. The van der Waals surface area contributed by atoms with E-state index in [9.17, 15) is 4.79 Å². The highest BCUT2D eigenvalue weighted by atomic mass is 16.5. The van der Waals surface area contributed by atoms with Crippen LogP contribution in [0.25, 0.3) is 0 Å². The van der Waals surface area contributed by atoms with Crippen LogP contribution in [0.4, 0.5) is 5.69 Å². The van der Waals surface area contributed by atoms with Gasteiger partial charge in [-0.05, 0) is 18.6 Å². The molecule has 0 radical (unpaired) electrons. The van der Waals surface area contributed by atoms with Crippen molar-refractivity contribution in [3.63, 3.8) is 0 Å². The highest BCUT2D eigenvalue weighted by Gasteiger charge is 2.71. The lowest BCUT2D eigenvalue weighted by atomic mass is 9.48. The molecular weight excluding hydrogens is 242 g/mol. The summed E-state index contributed by atoms with van der Waals surface area (Å²) in [6, 6.07) is 3.59. The first-order valence-electron chi connectivity index (χ1n) is 6.60. The molecule has 1 aliphatic carbocycles. The Morgan fingerprint density at radius 3 is 3.05 bits per heavy atom. The van der Waals surface area contributed by atoms with E-state index in [1.54, 1.807) is 18.5 Å². The molecular formula is C14H19N3O2. The summed E-state index contributed by atoms with van der Waals surface area (Å²) in [6.07, 6.45) is 4.24. The molecule has 0 aromatic carbocycles. The zero-order chi connectivity index (χ0) is 13.7. The fourth-order valence-corrected chi connectivity index (χ4v) is 3.52. The molecule has 1 aliphatic heterocycles. The number of carbonyl (C=O) groups is 1. The van der Waals surface area contributed by atoms with E-state index >= 15 is 0 Å². The van der Waals surface area contributed by atoms with Crippen LogP contribution in [0.2, 0.25) is 0 Å². The number of amides is 1. The largest absolute Gasteiger partial charge is 0.377 e. The minimum absolute atomic E-state index is 0.0946. The Balaban J connectivity index is 1.83. The van der Waals surface area contributed by atoms with E-state index in [1.165, 1.54) is 0 Å². The van der Waals surface area contributed by atoms with Crippen molar-refractivity contribution in [2.24, 2.45) is 17.1 Å². The van der Waals surface area contributed by atoms with Crippen molar-refractivity contribution in [3.05, 3.63) is 24.5 Å². The van der Waals surface area contributed by atoms with Crippen molar-refractivity contribution in [1.82, 2.24) is 4.98 Å². The second kappa shape index (κ2) is 4.02. The number of nitrogens with one attached hydrogen (secondary N) is 1. The first-order chi connectivity index (χ1) is 8.98. The lowest BCUT2D eigenvalue weighted by molar-refractivity contribution is -0.170. The van der Waals surface area contributed by atoms with Crippen LogP contribution in [0.3, 0.4) is 0 Å². The van der Waals surface area contributed by atoms with Crippen LogP contribution < -0.4 is 11.1 Å². The Bertz CT molecular complexity index is 503. The number of ether oxygens (including phenoxy) is 1. The van der Waals surface area contributed by atoms with Gasteiger partial charge >= 0.3 is 0 Å². The Morgan fingerprint density at radius 1 is 1.58 bits per heavy atom. The van der Waals surface area contributed by atoms with Gasteiger partial charge in [0.05, 0.1) is 18.0 Å². The number of carbonyl (C=O) groups excluding carboxylic acids is 1. The summed E-state index contributed by atoms with van der Waals surface area (Å²) in [5, 5.41) is 2.87. The Kier molecular flexibility index (Phi) is 2.66. The topological polar surface area (TPSA) is 77.2 Å². The molecule has 2 heterocycles. The van der Waals surface area contributed by atoms with Crippen LogP contribution >= 0.6 is 0 Å². The molecule has 102 valence electrons. The summed E-state index contributed by atoms with van der Waals surface area (Å²) >= 11 is 0. The van der Waals surface area contributed by atoms with Gasteiger partial charge < -0.3 is 15.8 Å². The molecule has 2 aliphatic rings. The number of nitrogens with two attached hydrogens (primary N) is 1. The van der Waals surface area contributed by atoms with Crippen molar-refractivity contribution in [1.29, 1.82) is 0 Å². The molecule has 3 rings (SSSR count). The van der Waals surface area contributed by atoms with Crippen molar-refractivity contribution >= 4 is 11.6 Å². The summed E-state index contributed by atoms with van der Waals surface area (Å²) in [6.45, 7) is 4.70. The maximum absolute atomic E-state index is 12.6. The molecule has 3 N–H and O–H groups in total. The van der Waals surface area contributed by atoms with Crippen LogP contribution in [0, 0.1) is 11.3 Å². The molecule has 2 fully saturated rings. The number of anilines is 1. The van der Waals surface area contributed by atoms with E-state index in [2.05, 4.69) is 10.3 Å². The predicted octanol–water partition coefficient (Wildman–Crippen LogP) is 1.16. The van der Waals surface area contributed by atoms with E-state index in [0.29, 0.717) is 12.3 Å². The van der Waals surface area contributed by atoms with Crippen molar-refractivity contribution in [3.8, 4) is 0 Å². The third-order valence-electron chi connectivity index (χ3n) is 4.75. The van der Waals surface area contributed by atoms with Crippen LogP contribution in [0.1, 0.15) is 20.3 Å². The van der Waals surface area contributed by atoms with Crippen molar-refractivity contribution in [2.75, 3.05) is 11.9 Å². The fraction of sp³-hybridized carbons (Fsp3) is 0.571. The van der Waals surface area contributed by atoms with Gasteiger partial charge in [0.15, 0.2) is 0 Å². The quantitative estimate of drug-likeness (QED) is 0.837. The lowest BCUT2D eigenvalue weighted by Crippen LogP contribution is -2.79. The number of rotatable bonds is 2. The molecule has 1 aromatic heterocycles. The van der Waals surface area contributed by atoms with E-state index in [-0.39, 0.29) is 23.3 Å². The monoisotopic (exact) mass is 261 g/mol. The normalized spacial score (nSPS) is 35.3. The van der Waals surface area contributed by atoms with E-state index in [1.807, 2.05) is 19.9 Å². The van der Waals surface area contributed by atoms with Gasteiger partial charge in [0, 0.05) is 24.1 Å².